The van der Waals surface area contributed by atoms with Crippen molar-refractivity contribution in [1.29, 1.82) is 0 Å². The fraction of sp³-hybridized carbons (Fsp3) is 0.734. The molecule has 4 N–H and O–H groups in total. The molecule has 90 heavy (non-hydrogen) atoms. The van der Waals surface area contributed by atoms with E-state index in [-0.39, 0.29) is 61.8 Å². The molecule has 22 nitrogen and oxygen atoms in total. The van der Waals surface area contributed by atoms with E-state index >= 15 is 0 Å². The molecule has 1 aromatic rings. The van der Waals surface area contributed by atoms with Crippen molar-refractivity contribution in [2.45, 2.75) is 207 Å². The van der Waals surface area contributed by atoms with Gasteiger partial charge in [0.05, 0.1) is 25.2 Å². The second kappa shape index (κ2) is 34.0. The Hall–Kier alpha value is -6.89. The van der Waals surface area contributed by atoms with Gasteiger partial charge in [-0.15, -0.1) is 0 Å². The quantitative estimate of drug-likeness (QED) is 0.203. The Morgan fingerprint density at radius 1 is 0.600 bits per heavy atom. The van der Waals surface area contributed by atoms with Crippen LogP contribution in [0.15, 0.2) is 18.2 Å². The first-order valence-electron chi connectivity index (χ1n) is 31.5. The summed E-state index contributed by atoms with van der Waals surface area (Å²) in [6.45, 7) is 17.1. The van der Waals surface area contributed by atoms with E-state index in [0.717, 1.165) is 57.8 Å². The van der Waals surface area contributed by atoms with E-state index in [1.54, 1.807) is 41.5 Å². The number of hydrogen-bond donors (Lipinski definition) is 4. The predicted molar refractivity (Wildman–Crippen MR) is 332 cm³/mol. The SMILES string of the molecule is CC[C@H](C)[C@@H]1NC(=O)[C@H](CC(C)C)N(C)C(=O)C[C@@H](C)N(C)C(=O)[C@H](C(C)C)NC(=O)C(C)(C)N(C)C(=O)[C@H](CC(C)C)NC(=O)[C@H](CCc2ccc(C(F)(F)F)c(F)c2)NC(=O)CN(C)C(=O)[C@H](CC2CCCCC2)N(C)C(=O)CN(C)C(=O)CN(C)C1=O. The second-order valence-electron chi connectivity index (χ2n) is 26.7. The number of likely N-dealkylation sites (N-methyl/N-ethyl adjacent to an activating group) is 7. The molecule has 0 aromatic heterocycles. The molecule has 0 radical (unpaired) electrons. The van der Waals surface area contributed by atoms with Crippen LogP contribution in [0.25, 0.3) is 0 Å². The van der Waals surface area contributed by atoms with Crippen LogP contribution in [0.1, 0.15) is 158 Å². The monoisotopic (exact) mass is 1280 g/mol. The maximum atomic E-state index is 14.9. The number of aryl methyl sites for hydroxylation is 1. The number of amides is 11. The predicted octanol–water partition coefficient (Wildman–Crippen LogP) is 5.00. The van der Waals surface area contributed by atoms with E-state index in [0.29, 0.717) is 18.6 Å². The lowest BCUT2D eigenvalue weighted by Gasteiger charge is -2.39. The van der Waals surface area contributed by atoms with E-state index in [1.807, 2.05) is 20.8 Å². The van der Waals surface area contributed by atoms with Gasteiger partial charge in [0.25, 0.3) is 0 Å². The maximum absolute atomic E-state index is 14.9. The number of nitrogens with zero attached hydrogens (tertiary/aromatic N) is 7. The zero-order chi connectivity index (χ0) is 68.6. The first-order valence-corrected chi connectivity index (χ1v) is 31.5. The molecule has 3 rings (SSSR count). The number of hydrogen-bond acceptors (Lipinski definition) is 11. The molecular weight excluding hydrogens is 1170 g/mol. The van der Waals surface area contributed by atoms with Gasteiger partial charge >= 0.3 is 6.18 Å². The summed E-state index contributed by atoms with van der Waals surface area (Å²) in [6.07, 6.45) is -0.777. The first-order chi connectivity index (χ1) is 41.7. The van der Waals surface area contributed by atoms with Crippen LogP contribution in [0.5, 0.6) is 0 Å². The van der Waals surface area contributed by atoms with Crippen molar-refractivity contribution >= 4 is 65.0 Å². The lowest BCUT2D eigenvalue weighted by atomic mass is 9.84. The Balaban J connectivity index is 2.21. The fourth-order valence-electron chi connectivity index (χ4n) is 11.1. The van der Waals surface area contributed by atoms with Crippen LogP contribution >= 0.6 is 0 Å². The van der Waals surface area contributed by atoms with Crippen LogP contribution in [-0.4, -0.2) is 216 Å². The summed E-state index contributed by atoms with van der Waals surface area (Å²) >= 11 is 0. The van der Waals surface area contributed by atoms with Gasteiger partial charge in [-0.1, -0.05) is 100.0 Å². The summed E-state index contributed by atoms with van der Waals surface area (Å²) < 4.78 is 55.6. The van der Waals surface area contributed by atoms with Crippen LogP contribution in [0.2, 0.25) is 0 Å². The summed E-state index contributed by atoms with van der Waals surface area (Å²) in [5.74, 6) is -10.5. The summed E-state index contributed by atoms with van der Waals surface area (Å²) in [5, 5.41) is 11.0. The molecule has 1 saturated carbocycles. The van der Waals surface area contributed by atoms with E-state index < -0.39 is 162 Å². The Kier molecular flexibility index (Phi) is 29.2. The molecule has 2 aliphatic rings. The average molecular weight is 1280 g/mol. The lowest BCUT2D eigenvalue weighted by molar-refractivity contribution is -0.149. The molecule has 1 heterocycles. The minimum Gasteiger partial charge on any atom is -0.343 e. The van der Waals surface area contributed by atoms with Crippen molar-refractivity contribution in [3.05, 3.63) is 35.1 Å². The largest absolute Gasteiger partial charge is 0.419 e. The van der Waals surface area contributed by atoms with Crippen LogP contribution in [0.3, 0.4) is 0 Å². The molecule has 11 amide bonds. The van der Waals surface area contributed by atoms with Crippen LogP contribution in [0, 0.1) is 35.4 Å². The smallest absolute Gasteiger partial charge is 0.343 e. The highest BCUT2D eigenvalue weighted by molar-refractivity contribution is 5.99. The first kappa shape index (κ1) is 77.4. The Bertz CT molecular complexity index is 2700. The van der Waals surface area contributed by atoms with E-state index in [2.05, 4.69) is 21.3 Å². The number of carbonyl (C=O) groups excluding carboxylic acids is 11. The van der Waals surface area contributed by atoms with Gasteiger partial charge in [0.15, 0.2) is 0 Å². The minimum atomic E-state index is -5.00. The third-order valence-electron chi connectivity index (χ3n) is 17.8. The highest BCUT2D eigenvalue weighted by atomic mass is 19.4. The number of benzene rings is 1. The normalized spacial score (nSPS) is 25.1. The van der Waals surface area contributed by atoms with E-state index in [4.69, 9.17) is 0 Å². The zero-order valence-electron chi connectivity index (χ0n) is 56.4. The summed E-state index contributed by atoms with van der Waals surface area (Å²) in [4.78, 5) is 166. The molecule has 1 aliphatic heterocycles. The van der Waals surface area contributed by atoms with Crippen molar-refractivity contribution in [2.75, 3.05) is 69.0 Å². The van der Waals surface area contributed by atoms with Gasteiger partial charge in [0, 0.05) is 61.8 Å². The summed E-state index contributed by atoms with van der Waals surface area (Å²) in [5.41, 5.74) is -3.20. The molecule has 508 valence electrons. The van der Waals surface area contributed by atoms with Gasteiger partial charge in [-0.2, -0.15) is 13.2 Å². The van der Waals surface area contributed by atoms with Crippen molar-refractivity contribution in [1.82, 2.24) is 55.6 Å². The van der Waals surface area contributed by atoms with Gasteiger partial charge in [-0.05, 0) is 100 Å². The number of halogens is 4. The highest BCUT2D eigenvalue weighted by Crippen LogP contribution is 2.33. The molecule has 2 fully saturated rings. The lowest BCUT2D eigenvalue weighted by Crippen LogP contribution is -2.63. The molecule has 1 saturated heterocycles. The summed E-state index contributed by atoms with van der Waals surface area (Å²) in [6, 6.07) is -6.03. The molecule has 0 unspecified atom stereocenters. The van der Waals surface area contributed by atoms with Crippen molar-refractivity contribution in [3.8, 4) is 0 Å². The third kappa shape index (κ3) is 21.6. The zero-order valence-corrected chi connectivity index (χ0v) is 56.4. The van der Waals surface area contributed by atoms with Crippen LogP contribution < -0.4 is 21.3 Å². The average Bonchev–Trinajstić information content (AvgIpc) is 0.868. The summed E-state index contributed by atoms with van der Waals surface area (Å²) in [7, 11) is 9.75. The number of nitrogens with one attached hydrogen (secondary N) is 4. The second-order valence-corrected chi connectivity index (χ2v) is 26.7. The number of rotatable bonds is 12. The molecular formula is C64H103F4N11O11. The van der Waals surface area contributed by atoms with E-state index in [1.165, 1.54) is 77.9 Å². The van der Waals surface area contributed by atoms with Gasteiger partial charge < -0.3 is 55.6 Å². The molecule has 0 spiro atoms. The third-order valence-corrected chi connectivity index (χ3v) is 17.8. The van der Waals surface area contributed by atoms with Gasteiger partial charge in [0.1, 0.15) is 47.6 Å². The number of alkyl halides is 3. The van der Waals surface area contributed by atoms with Gasteiger partial charge in [0.2, 0.25) is 65.0 Å². The Morgan fingerprint density at radius 2 is 1.17 bits per heavy atom. The van der Waals surface area contributed by atoms with Crippen LogP contribution in [-0.2, 0) is 65.3 Å². The standard InChI is InChI=1S/C64H103F4N11O11/c1-19-40(8)55-60(88)75(14)35-52(82)73(12)36-53(83)78(17)49(33-42-23-21-20-22-24-42)59(87)74(13)34-50(80)69-46(28-26-43-25-27-44(45(65)32-43)64(66,67)68)56(84)70-47(29-37(2)3)58(86)79(18)63(10,11)62(90)72-54(39(6)7)61(89)76(15)41(9)31-51(81)77(16)48(30-38(4)5)57(85)71-55/h25,27,32,37-42,46-49,54-55H,19-24,26,28-31,33-36H2,1-18H3,(H,69,80)(H,70,84)(H,71,85)(H,72,90)/t40-,41+,46-,47-,48-,49-,54-,55-/m0/s1. The molecule has 0 bridgehead atoms. The van der Waals surface area contributed by atoms with Crippen molar-refractivity contribution in [2.24, 2.45) is 29.6 Å². The Morgan fingerprint density at radius 3 is 1.71 bits per heavy atom. The molecule has 1 aromatic carbocycles. The van der Waals surface area contributed by atoms with Crippen molar-refractivity contribution < 1.29 is 70.3 Å². The maximum Gasteiger partial charge on any atom is 0.419 e. The van der Waals surface area contributed by atoms with Crippen LogP contribution in [0.4, 0.5) is 17.6 Å². The topological polar surface area (TPSA) is 259 Å². The molecule has 1 aliphatic carbocycles. The minimum absolute atomic E-state index is 0.00486. The Labute approximate surface area is 530 Å². The van der Waals surface area contributed by atoms with Gasteiger partial charge in [-0.25, -0.2) is 4.39 Å². The van der Waals surface area contributed by atoms with Crippen molar-refractivity contribution in [3.63, 3.8) is 0 Å². The molecule has 26 heteroatoms. The number of carbonyl (C=O) groups is 11. The highest BCUT2D eigenvalue weighted by Gasteiger charge is 2.43. The molecule has 8 atom stereocenters. The van der Waals surface area contributed by atoms with Gasteiger partial charge in [-0.3, -0.25) is 52.7 Å². The van der Waals surface area contributed by atoms with E-state index in [9.17, 15) is 70.3 Å². The fourth-order valence-corrected chi connectivity index (χ4v) is 11.1.